The van der Waals surface area contributed by atoms with Crippen molar-refractivity contribution in [2.75, 3.05) is 18.4 Å². The molecule has 1 aliphatic rings. The summed E-state index contributed by atoms with van der Waals surface area (Å²) in [5.41, 5.74) is 0.514. The average molecular weight is 302 g/mol. The molecule has 1 fully saturated rings. The van der Waals surface area contributed by atoms with E-state index in [0.29, 0.717) is 28.3 Å². The summed E-state index contributed by atoms with van der Waals surface area (Å²) >= 11 is 12.1. The second kappa shape index (κ2) is 6.60. The molecule has 0 aromatic heterocycles. The van der Waals surface area contributed by atoms with Crippen LogP contribution in [0.2, 0.25) is 10.0 Å². The number of carbonyl (C=O) groups excluding carboxylic acids is 1. The normalized spacial score (nSPS) is 23.1. The van der Waals surface area contributed by atoms with Gasteiger partial charge in [-0.2, -0.15) is 0 Å². The zero-order valence-electron chi connectivity index (χ0n) is 11.0. The standard InChI is InChI=1S/C14H18Cl2N2O/c1-10-5-2-3-8-18(10)9-13(19)17-14-11(15)6-4-7-12(14)16/h4,6-7,10H,2-3,5,8-9H2,1H3,(H,17,19)/p+1/t10-/m0/s1. The minimum atomic E-state index is -0.0289. The zero-order chi connectivity index (χ0) is 13.8. The number of benzene rings is 1. The molecule has 104 valence electrons. The summed E-state index contributed by atoms with van der Waals surface area (Å²) in [4.78, 5) is 13.4. The zero-order valence-corrected chi connectivity index (χ0v) is 12.5. The Bertz CT molecular complexity index is 445. The molecule has 1 heterocycles. The van der Waals surface area contributed by atoms with Crippen molar-refractivity contribution in [2.45, 2.75) is 32.2 Å². The molecule has 19 heavy (non-hydrogen) atoms. The maximum absolute atomic E-state index is 12.1. The Balaban J connectivity index is 1.97. The largest absolute Gasteiger partial charge is 0.325 e. The summed E-state index contributed by atoms with van der Waals surface area (Å²) in [5.74, 6) is -0.0289. The lowest BCUT2D eigenvalue weighted by molar-refractivity contribution is -0.920. The molecule has 2 rings (SSSR count). The summed E-state index contributed by atoms with van der Waals surface area (Å²) in [5, 5.41) is 3.77. The fourth-order valence-electron chi connectivity index (χ4n) is 2.52. The van der Waals surface area contributed by atoms with Crippen LogP contribution in [0.1, 0.15) is 26.2 Å². The van der Waals surface area contributed by atoms with Gasteiger partial charge in [0, 0.05) is 0 Å². The van der Waals surface area contributed by atoms with Crippen molar-refractivity contribution >= 4 is 34.8 Å². The van der Waals surface area contributed by atoms with Crippen molar-refractivity contribution in [1.82, 2.24) is 0 Å². The molecular formula is C14H19Cl2N2O+. The van der Waals surface area contributed by atoms with Crippen LogP contribution in [0.4, 0.5) is 5.69 Å². The molecular weight excluding hydrogens is 283 g/mol. The van der Waals surface area contributed by atoms with Gasteiger partial charge in [0.15, 0.2) is 6.54 Å². The SMILES string of the molecule is C[C@H]1CCCC[NH+]1CC(=O)Nc1c(Cl)cccc1Cl. The molecule has 1 aromatic rings. The number of anilines is 1. The fourth-order valence-corrected chi connectivity index (χ4v) is 3.01. The highest BCUT2D eigenvalue weighted by Crippen LogP contribution is 2.29. The van der Waals surface area contributed by atoms with Gasteiger partial charge in [0.1, 0.15) is 0 Å². The van der Waals surface area contributed by atoms with Crippen LogP contribution in [0.5, 0.6) is 0 Å². The third-order valence-electron chi connectivity index (χ3n) is 3.70. The van der Waals surface area contributed by atoms with E-state index in [2.05, 4.69) is 12.2 Å². The second-order valence-corrected chi connectivity index (χ2v) is 5.94. The van der Waals surface area contributed by atoms with Gasteiger partial charge in [-0.15, -0.1) is 0 Å². The Morgan fingerprint density at radius 3 is 2.68 bits per heavy atom. The molecule has 1 aliphatic heterocycles. The Morgan fingerprint density at radius 2 is 2.05 bits per heavy atom. The minimum Gasteiger partial charge on any atom is -0.325 e. The first kappa shape index (κ1) is 14.6. The van der Waals surface area contributed by atoms with E-state index in [1.54, 1.807) is 18.2 Å². The summed E-state index contributed by atoms with van der Waals surface area (Å²) in [7, 11) is 0. The maximum Gasteiger partial charge on any atom is 0.279 e. The number of para-hydroxylation sites is 1. The molecule has 3 nitrogen and oxygen atoms in total. The molecule has 0 spiro atoms. The predicted octanol–water partition coefficient (Wildman–Crippen LogP) is 2.39. The van der Waals surface area contributed by atoms with Crippen LogP contribution in [0, 0.1) is 0 Å². The number of hydrogen-bond acceptors (Lipinski definition) is 1. The van der Waals surface area contributed by atoms with Gasteiger partial charge in [-0.05, 0) is 38.3 Å². The third-order valence-corrected chi connectivity index (χ3v) is 4.33. The predicted molar refractivity (Wildman–Crippen MR) is 79.1 cm³/mol. The van der Waals surface area contributed by atoms with Crippen LogP contribution in [-0.2, 0) is 4.79 Å². The fraction of sp³-hybridized carbons (Fsp3) is 0.500. The van der Waals surface area contributed by atoms with Crippen LogP contribution in [0.25, 0.3) is 0 Å². The van der Waals surface area contributed by atoms with E-state index in [4.69, 9.17) is 23.2 Å². The van der Waals surface area contributed by atoms with Gasteiger partial charge < -0.3 is 10.2 Å². The van der Waals surface area contributed by atoms with Crippen LogP contribution in [0.15, 0.2) is 18.2 Å². The highest BCUT2D eigenvalue weighted by molar-refractivity contribution is 6.39. The first-order valence-electron chi connectivity index (χ1n) is 6.66. The third kappa shape index (κ3) is 3.85. The van der Waals surface area contributed by atoms with Crippen LogP contribution in [-0.4, -0.2) is 25.0 Å². The van der Waals surface area contributed by atoms with Crippen LogP contribution >= 0.6 is 23.2 Å². The van der Waals surface area contributed by atoms with Gasteiger partial charge in [-0.3, -0.25) is 4.79 Å². The number of rotatable bonds is 3. The molecule has 0 bridgehead atoms. The van der Waals surface area contributed by atoms with E-state index in [1.165, 1.54) is 24.2 Å². The number of quaternary nitrogens is 1. The van der Waals surface area contributed by atoms with E-state index < -0.39 is 0 Å². The highest BCUT2D eigenvalue weighted by Gasteiger charge is 2.24. The van der Waals surface area contributed by atoms with Crippen molar-refractivity contribution in [3.63, 3.8) is 0 Å². The topological polar surface area (TPSA) is 33.5 Å². The monoisotopic (exact) mass is 301 g/mol. The van der Waals surface area contributed by atoms with Crippen molar-refractivity contribution < 1.29 is 9.69 Å². The molecule has 2 atom stereocenters. The van der Waals surface area contributed by atoms with Gasteiger partial charge in [0.2, 0.25) is 0 Å². The molecule has 1 saturated heterocycles. The van der Waals surface area contributed by atoms with Crippen LogP contribution < -0.4 is 10.2 Å². The van der Waals surface area contributed by atoms with E-state index in [9.17, 15) is 4.79 Å². The minimum absolute atomic E-state index is 0.0289. The maximum atomic E-state index is 12.1. The van der Waals surface area contributed by atoms with Crippen molar-refractivity contribution in [1.29, 1.82) is 0 Å². The number of piperidine rings is 1. The lowest BCUT2D eigenvalue weighted by Crippen LogP contribution is -3.17. The first-order chi connectivity index (χ1) is 9.08. The molecule has 0 saturated carbocycles. The molecule has 2 N–H and O–H groups in total. The van der Waals surface area contributed by atoms with Gasteiger partial charge in [-0.1, -0.05) is 29.3 Å². The number of likely N-dealkylation sites (tertiary alicyclic amines) is 1. The summed E-state index contributed by atoms with van der Waals surface area (Å²) in [6.45, 7) is 3.73. The number of amides is 1. The smallest absolute Gasteiger partial charge is 0.279 e. The number of carbonyl (C=O) groups is 1. The molecule has 1 aromatic carbocycles. The van der Waals surface area contributed by atoms with E-state index in [1.807, 2.05) is 0 Å². The van der Waals surface area contributed by atoms with Gasteiger partial charge in [-0.25, -0.2) is 0 Å². The van der Waals surface area contributed by atoms with Crippen molar-refractivity contribution in [3.8, 4) is 0 Å². The Kier molecular flexibility index (Phi) is 5.08. The number of nitrogens with one attached hydrogen (secondary N) is 2. The van der Waals surface area contributed by atoms with E-state index in [-0.39, 0.29) is 5.91 Å². The summed E-state index contributed by atoms with van der Waals surface area (Å²) in [6, 6.07) is 5.75. The summed E-state index contributed by atoms with van der Waals surface area (Å²) in [6.07, 6.45) is 3.65. The van der Waals surface area contributed by atoms with Crippen molar-refractivity contribution in [3.05, 3.63) is 28.2 Å². The van der Waals surface area contributed by atoms with Crippen LogP contribution in [0.3, 0.4) is 0 Å². The second-order valence-electron chi connectivity index (χ2n) is 5.13. The summed E-state index contributed by atoms with van der Waals surface area (Å²) < 4.78 is 0. The van der Waals surface area contributed by atoms with E-state index >= 15 is 0 Å². The molecule has 1 amide bonds. The lowest BCUT2D eigenvalue weighted by Gasteiger charge is -2.29. The Morgan fingerprint density at radius 1 is 1.37 bits per heavy atom. The van der Waals surface area contributed by atoms with Gasteiger partial charge in [0.25, 0.3) is 5.91 Å². The van der Waals surface area contributed by atoms with Crippen molar-refractivity contribution in [2.24, 2.45) is 0 Å². The first-order valence-corrected chi connectivity index (χ1v) is 7.42. The molecule has 1 unspecified atom stereocenters. The number of hydrogen-bond donors (Lipinski definition) is 2. The Labute approximate surface area is 123 Å². The molecule has 0 aliphatic carbocycles. The average Bonchev–Trinajstić information content (AvgIpc) is 2.37. The highest BCUT2D eigenvalue weighted by atomic mass is 35.5. The number of halogens is 2. The van der Waals surface area contributed by atoms with E-state index in [0.717, 1.165) is 6.54 Å². The van der Waals surface area contributed by atoms with Gasteiger partial charge in [0.05, 0.1) is 28.3 Å². The quantitative estimate of drug-likeness (QED) is 0.883. The molecule has 0 radical (unpaired) electrons. The lowest BCUT2D eigenvalue weighted by atomic mass is 10.0. The van der Waals surface area contributed by atoms with Gasteiger partial charge >= 0.3 is 0 Å². The molecule has 5 heteroatoms. The Hall–Kier alpha value is -0.770.